The van der Waals surface area contributed by atoms with Gasteiger partial charge < -0.3 is 19.5 Å². The number of hydrogen-bond acceptors (Lipinski definition) is 8. The van der Waals surface area contributed by atoms with Crippen LogP contribution in [-0.2, 0) is 9.53 Å². The minimum Gasteiger partial charge on any atom is -0.493 e. The molecule has 0 bridgehead atoms. The van der Waals surface area contributed by atoms with Crippen LogP contribution in [0.5, 0.6) is 11.5 Å². The van der Waals surface area contributed by atoms with Gasteiger partial charge in [0.25, 0.3) is 0 Å². The molecule has 9 heteroatoms. The van der Waals surface area contributed by atoms with Gasteiger partial charge >= 0.3 is 5.97 Å². The monoisotopic (exact) mass is 474 g/mol. The van der Waals surface area contributed by atoms with Gasteiger partial charge in [0.2, 0.25) is 0 Å². The highest BCUT2D eigenvalue weighted by molar-refractivity contribution is 9.10. The van der Waals surface area contributed by atoms with E-state index >= 15 is 0 Å². The predicted molar refractivity (Wildman–Crippen MR) is 119 cm³/mol. The molecule has 0 aliphatic rings. The van der Waals surface area contributed by atoms with Crippen LogP contribution in [0, 0.1) is 0 Å². The Morgan fingerprint density at radius 1 is 1.17 bits per heavy atom. The molecular weight excluding hydrogens is 452 g/mol. The molecule has 0 unspecified atom stereocenters. The quantitative estimate of drug-likeness (QED) is 0.470. The zero-order valence-corrected chi connectivity index (χ0v) is 18.6. The number of nitrogens with one attached hydrogen (secondary N) is 1. The van der Waals surface area contributed by atoms with E-state index in [0.717, 1.165) is 21.1 Å². The van der Waals surface area contributed by atoms with E-state index in [2.05, 4.69) is 36.0 Å². The Morgan fingerprint density at radius 3 is 2.73 bits per heavy atom. The molecule has 2 aromatic carbocycles. The normalized spacial score (nSPS) is 10.8. The summed E-state index contributed by atoms with van der Waals surface area (Å²) >= 11 is 3.47. The number of carbonyl (C=O) groups is 1. The first-order valence-corrected chi connectivity index (χ1v) is 10.0. The van der Waals surface area contributed by atoms with Crippen LogP contribution < -0.4 is 14.8 Å². The minimum atomic E-state index is -0.291. The summed E-state index contributed by atoms with van der Waals surface area (Å²) in [5.74, 6) is 1.52. The fraction of sp³-hybridized carbons (Fsp3) is 0.286. The van der Waals surface area contributed by atoms with Gasteiger partial charge in [-0.25, -0.2) is 9.97 Å². The second kappa shape index (κ2) is 10.2. The Hall–Kier alpha value is -2.91. The Kier molecular flexibility index (Phi) is 7.42. The summed E-state index contributed by atoms with van der Waals surface area (Å²) < 4.78 is 17.0. The van der Waals surface area contributed by atoms with E-state index in [-0.39, 0.29) is 12.5 Å². The van der Waals surface area contributed by atoms with Gasteiger partial charge in [-0.1, -0.05) is 22.0 Å². The smallest absolute Gasteiger partial charge is 0.319 e. The highest BCUT2D eigenvalue weighted by atomic mass is 79.9. The van der Waals surface area contributed by atoms with Crippen molar-refractivity contribution in [3.05, 3.63) is 47.2 Å². The van der Waals surface area contributed by atoms with Crippen LogP contribution in [-0.4, -0.2) is 61.8 Å². The maximum Gasteiger partial charge on any atom is 0.319 e. The SMILES string of the molecule is COC(=O)CN(C)CCOc1cc2c(Nc3cccc(Br)c3)ncnc2cc1OC. The molecule has 1 aromatic heterocycles. The molecular formula is C21H23BrN4O4. The number of likely N-dealkylation sites (N-methyl/N-ethyl adjacent to an activating group) is 1. The molecule has 0 aliphatic carbocycles. The number of fused-ring (bicyclic) bond motifs is 1. The van der Waals surface area contributed by atoms with Crippen molar-refractivity contribution in [3.8, 4) is 11.5 Å². The van der Waals surface area contributed by atoms with Crippen molar-refractivity contribution in [2.24, 2.45) is 0 Å². The number of methoxy groups -OCH3 is 2. The van der Waals surface area contributed by atoms with Crippen molar-refractivity contribution >= 4 is 44.3 Å². The fourth-order valence-corrected chi connectivity index (χ4v) is 3.21. The van der Waals surface area contributed by atoms with E-state index in [9.17, 15) is 4.79 Å². The zero-order chi connectivity index (χ0) is 21.5. The van der Waals surface area contributed by atoms with Crippen LogP contribution >= 0.6 is 15.9 Å². The van der Waals surface area contributed by atoms with Gasteiger partial charge in [0.05, 0.1) is 26.3 Å². The van der Waals surface area contributed by atoms with Gasteiger partial charge in [-0.05, 0) is 31.3 Å². The van der Waals surface area contributed by atoms with Crippen molar-refractivity contribution in [2.75, 3.05) is 46.3 Å². The number of hydrogen-bond donors (Lipinski definition) is 1. The van der Waals surface area contributed by atoms with Crippen LogP contribution in [0.2, 0.25) is 0 Å². The van der Waals surface area contributed by atoms with Crippen molar-refractivity contribution in [2.45, 2.75) is 0 Å². The van der Waals surface area contributed by atoms with Crippen molar-refractivity contribution in [1.29, 1.82) is 0 Å². The molecule has 1 heterocycles. The largest absolute Gasteiger partial charge is 0.493 e. The summed E-state index contributed by atoms with van der Waals surface area (Å²) in [6.07, 6.45) is 1.50. The van der Waals surface area contributed by atoms with E-state index in [1.165, 1.54) is 13.4 Å². The van der Waals surface area contributed by atoms with Crippen molar-refractivity contribution < 1.29 is 19.0 Å². The highest BCUT2D eigenvalue weighted by Crippen LogP contribution is 2.34. The predicted octanol–water partition coefficient (Wildman–Crippen LogP) is 3.63. The number of nitrogens with zero attached hydrogens (tertiary/aromatic N) is 3. The minimum absolute atomic E-state index is 0.198. The summed E-state index contributed by atoms with van der Waals surface area (Å²) in [6.45, 7) is 1.12. The number of esters is 1. The van der Waals surface area contributed by atoms with Gasteiger partial charge in [-0.2, -0.15) is 0 Å². The van der Waals surface area contributed by atoms with E-state index in [4.69, 9.17) is 9.47 Å². The van der Waals surface area contributed by atoms with Crippen LogP contribution in [0.3, 0.4) is 0 Å². The molecule has 158 valence electrons. The molecule has 3 aromatic rings. The number of aromatic nitrogens is 2. The Morgan fingerprint density at radius 2 is 2.00 bits per heavy atom. The summed E-state index contributed by atoms with van der Waals surface area (Å²) in [7, 11) is 4.78. The third-order valence-corrected chi connectivity index (χ3v) is 4.86. The van der Waals surface area contributed by atoms with Gasteiger partial charge in [0, 0.05) is 28.2 Å². The third-order valence-electron chi connectivity index (χ3n) is 4.37. The number of rotatable bonds is 9. The molecule has 0 amide bonds. The first-order valence-electron chi connectivity index (χ1n) is 9.23. The molecule has 0 saturated carbocycles. The Balaban J connectivity index is 1.81. The standard InChI is InChI=1S/C21H23BrN4O4/c1-26(12-20(27)29-3)7-8-30-19-10-16-17(11-18(19)28-2)23-13-24-21(16)25-15-6-4-5-14(22)9-15/h4-6,9-11,13H,7-8,12H2,1-3H3,(H,23,24,25). The van der Waals surface area contributed by atoms with Crippen LogP contribution in [0.15, 0.2) is 47.2 Å². The van der Waals surface area contributed by atoms with E-state index < -0.39 is 0 Å². The van der Waals surface area contributed by atoms with E-state index in [1.54, 1.807) is 7.11 Å². The fourth-order valence-electron chi connectivity index (χ4n) is 2.81. The Bertz CT molecular complexity index is 1030. The topological polar surface area (TPSA) is 85.8 Å². The second-order valence-corrected chi connectivity index (χ2v) is 7.46. The van der Waals surface area contributed by atoms with E-state index in [1.807, 2.05) is 48.3 Å². The Labute approximate surface area is 183 Å². The lowest BCUT2D eigenvalue weighted by Gasteiger charge is -2.17. The van der Waals surface area contributed by atoms with Crippen molar-refractivity contribution in [1.82, 2.24) is 14.9 Å². The maximum atomic E-state index is 11.4. The number of carbonyl (C=O) groups excluding carboxylic acids is 1. The molecule has 0 aliphatic heterocycles. The molecule has 30 heavy (non-hydrogen) atoms. The third kappa shape index (κ3) is 5.58. The second-order valence-electron chi connectivity index (χ2n) is 6.54. The molecule has 3 rings (SSSR count). The van der Waals surface area contributed by atoms with Crippen LogP contribution in [0.25, 0.3) is 10.9 Å². The van der Waals surface area contributed by atoms with Gasteiger partial charge in [-0.15, -0.1) is 0 Å². The summed E-state index contributed by atoms with van der Waals surface area (Å²) in [6, 6.07) is 11.5. The molecule has 0 spiro atoms. The lowest BCUT2D eigenvalue weighted by Crippen LogP contribution is -2.30. The van der Waals surface area contributed by atoms with Gasteiger partial charge in [0.1, 0.15) is 18.8 Å². The molecule has 0 radical (unpaired) electrons. The van der Waals surface area contributed by atoms with Gasteiger partial charge in [-0.3, -0.25) is 9.69 Å². The molecule has 0 fully saturated rings. The van der Waals surface area contributed by atoms with Gasteiger partial charge in [0.15, 0.2) is 11.5 Å². The summed E-state index contributed by atoms with van der Waals surface area (Å²) in [5, 5.41) is 4.12. The number of halogens is 1. The number of anilines is 2. The van der Waals surface area contributed by atoms with Crippen LogP contribution in [0.1, 0.15) is 0 Å². The first kappa shape index (κ1) is 21.8. The molecule has 0 atom stereocenters. The first-order chi connectivity index (χ1) is 14.5. The van der Waals surface area contributed by atoms with Crippen LogP contribution in [0.4, 0.5) is 11.5 Å². The molecule has 8 nitrogen and oxygen atoms in total. The number of benzene rings is 2. The average Bonchev–Trinajstić information content (AvgIpc) is 2.73. The summed E-state index contributed by atoms with van der Waals surface area (Å²) in [4.78, 5) is 21.9. The number of ether oxygens (including phenoxy) is 3. The highest BCUT2D eigenvalue weighted by Gasteiger charge is 2.13. The molecule has 0 saturated heterocycles. The van der Waals surface area contributed by atoms with E-state index in [0.29, 0.717) is 30.5 Å². The molecule has 1 N–H and O–H groups in total. The lowest BCUT2D eigenvalue weighted by molar-refractivity contribution is -0.141. The average molecular weight is 475 g/mol. The maximum absolute atomic E-state index is 11.4. The summed E-state index contributed by atoms with van der Waals surface area (Å²) in [5.41, 5.74) is 1.63. The van der Waals surface area contributed by atoms with Crippen molar-refractivity contribution in [3.63, 3.8) is 0 Å². The zero-order valence-electron chi connectivity index (χ0n) is 17.0. The lowest BCUT2D eigenvalue weighted by atomic mass is 10.2.